The highest BCUT2D eigenvalue weighted by atomic mass is 16.5. The molecule has 0 saturated heterocycles. The molecule has 6 rings (SSSR count). The second kappa shape index (κ2) is 22.2. The molecule has 0 saturated carbocycles. The van der Waals surface area contributed by atoms with Crippen LogP contribution in [0.1, 0.15) is 121 Å². The van der Waals surface area contributed by atoms with Crippen molar-refractivity contribution in [3.63, 3.8) is 0 Å². The van der Waals surface area contributed by atoms with Gasteiger partial charge < -0.3 is 41.0 Å². The number of nitrogens with one attached hydrogen (secondary N) is 4. The number of nitriles is 2. The van der Waals surface area contributed by atoms with Gasteiger partial charge in [-0.25, -0.2) is 0 Å². The topological polar surface area (TPSA) is 223 Å². The van der Waals surface area contributed by atoms with Gasteiger partial charge in [0.2, 0.25) is 11.8 Å². The Bertz CT molecular complexity index is 2320. The summed E-state index contributed by atoms with van der Waals surface area (Å²) in [5.41, 5.74) is 4.70. The maximum absolute atomic E-state index is 12.9. The van der Waals surface area contributed by atoms with Crippen molar-refractivity contribution in [2.24, 2.45) is 10.8 Å². The Hall–Kier alpha value is -6.42. The Morgan fingerprint density at radius 2 is 1.03 bits per heavy atom. The highest BCUT2D eigenvalue weighted by Gasteiger charge is 2.41. The Morgan fingerprint density at radius 3 is 1.36 bits per heavy atom. The quantitative estimate of drug-likeness (QED) is 0.0781. The van der Waals surface area contributed by atoms with Gasteiger partial charge in [0.25, 0.3) is 0 Å². The molecule has 0 aromatic heterocycles. The first kappa shape index (κ1) is 50.6. The number of rotatable bonds is 16. The first-order valence-electron chi connectivity index (χ1n) is 22.1. The molecular formula is C52H62N6O8. The molecule has 0 spiro atoms. The number of carbonyl (C=O) groups is 4. The van der Waals surface area contributed by atoms with Crippen molar-refractivity contribution >= 4 is 23.4 Å². The molecule has 4 aromatic carbocycles. The number of benzene rings is 4. The van der Waals surface area contributed by atoms with Crippen molar-refractivity contribution < 1.29 is 38.9 Å². The van der Waals surface area contributed by atoms with Gasteiger partial charge in [-0.15, -0.1) is 0 Å². The van der Waals surface area contributed by atoms with Crippen LogP contribution in [0.2, 0.25) is 0 Å². The third-order valence-electron chi connectivity index (χ3n) is 12.3. The summed E-state index contributed by atoms with van der Waals surface area (Å²) in [4.78, 5) is 49.4. The Morgan fingerprint density at radius 1 is 0.652 bits per heavy atom. The van der Waals surface area contributed by atoms with Gasteiger partial charge in [0.1, 0.15) is 11.5 Å². The number of aliphatic hydroxyl groups excluding tert-OH is 2. The van der Waals surface area contributed by atoms with Gasteiger partial charge in [0.15, 0.2) is 11.6 Å². The number of hydrogen-bond donors (Lipinski definition) is 6. The van der Waals surface area contributed by atoms with E-state index in [0.29, 0.717) is 59.4 Å². The number of ketones is 2. The third kappa shape index (κ3) is 12.9. The van der Waals surface area contributed by atoms with E-state index in [-0.39, 0.29) is 48.6 Å². The molecule has 0 radical (unpaired) electrons. The zero-order valence-electron chi connectivity index (χ0n) is 39.0. The number of nitrogens with zero attached hydrogens (tertiary/aromatic N) is 2. The van der Waals surface area contributed by atoms with Crippen molar-refractivity contribution in [2.75, 3.05) is 27.3 Å². The fourth-order valence-corrected chi connectivity index (χ4v) is 8.79. The van der Waals surface area contributed by atoms with Gasteiger partial charge in [-0.05, 0) is 109 Å². The van der Waals surface area contributed by atoms with E-state index in [1.165, 1.54) is 13.8 Å². The normalized spacial score (nSPS) is 18.5. The van der Waals surface area contributed by atoms with E-state index in [1.54, 1.807) is 74.9 Å². The summed E-state index contributed by atoms with van der Waals surface area (Å²) in [5, 5.41) is 52.7. The Kier molecular flexibility index (Phi) is 17.0. The molecule has 2 aliphatic carbocycles. The predicted octanol–water partition coefficient (Wildman–Crippen LogP) is 5.84. The third-order valence-corrected chi connectivity index (χ3v) is 12.3. The van der Waals surface area contributed by atoms with Crippen molar-refractivity contribution in [1.29, 1.82) is 10.5 Å². The summed E-state index contributed by atoms with van der Waals surface area (Å²) in [5.74, 6) is 1.04. The highest BCUT2D eigenvalue weighted by molar-refractivity contribution is 6.03. The lowest BCUT2D eigenvalue weighted by atomic mass is 9.71. The average molecular weight is 899 g/mol. The summed E-state index contributed by atoms with van der Waals surface area (Å²) in [6, 6.07) is 28.0. The Labute approximate surface area is 387 Å². The van der Waals surface area contributed by atoms with Crippen LogP contribution in [-0.4, -0.2) is 85.2 Å². The molecule has 348 valence electrons. The van der Waals surface area contributed by atoms with E-state index >= 15 is 0 Å². The van der Waals surface area contributed by atoms with Crippen molar-refractivity contribution in [3.05, 3.63) is 129 Å². The summed E-state index contributed by atoms with van der Waals surface area (Å²) < 4.78 is 10.7. The Balaban J connectivity index is 0.000000247. The summed E-state index contributed by atoms with van der Waals surface area (Å²) in [6.45, 7) is 11.0. The van der Waals surface area contributed by atoms with Gasteiger partial charge >= 0.3 is 0 Å². The van der Waals surface area contributed by atoms with Gasteiger partial charge in [-0.1, -0.05) is 52.0 Å². The monoisotopic (exact) mass is 898 g/mol. The van der Waals surface area contributed by atoms with E-state index in [4.69, 9.17) is 20.0 Å². The standard InChI is InChI=1S/2C26H31N3O4/c2*1-16(30)29-22(11-17-6-5-7-18(10-17)14-27)24(31)15-28-23-13-26(2,3)25(32)20-9-8-19(33-4)12-21(20)23/h2*5-10,12,22-24,28,31H,11,13,15H2,1-4H3,(H,29,30)/t22-,23+,24+;22-,23-,24+/m00/s1. The smallest absolute Gasteiger partial charge is 0.217 e. The van der Waals surface area contributed by atoms with Gasteiger partial charge in [-0.2, -0.15) is 10.5 Å². The first-order chi connectivity index (χ1) is 31.3. The zero-order chi connectivity index (χ0) is 48.3. The van der Waals surface area contributed by atoms with E-state index < -0.39 is 35.1 Å². The predicted molar refractivity (Wildman–Crippen MR) is 250 cm³/mol. The lowest BCUT2D eigenvalue weighted by Gasteiger charge is -2.37. The lowest BCUT2D eigenvalue weighted by molar-refractivity contribution is -0.121. The van der Waals surface area contributed by atoms with E-state index in [2.05, 4.69) is 33.4 Å². The number of Topliss-reactive ketones (excluding diaryl/α,β-unsaturated/α-hetero) is 2. The molecule has 6 atom stereocenters. The number of amides is 2. The molecular weight excluding hydrogens is 837 g/mol. The largest absolute Gasteiger partial charge is 0.497 e. The van der Waals surface area contributed by atoms with E-state index in [1.807, 2.05) is 52.0 Å². The maximum Gasteiger partial charge on any atom is 0.217 e. The van der Waals surface area contributed by atoms with E-state index in [0.717, 1.165) is 22.3 Å². The molecule has 4 aromatic rings. The average Bonchev–Trinajstić information content (AvgIpc) is 3.29. The molecule has 0 bridgehead atoms. The van der Waals surface area contributed by atoms with E-state index in [9.17, 15) is 29.4 Å². The van der Waals surface area contributed by atoms with Crippen LogP contribution in [0.4, 0.5) is 0 Å². The number of hydrogen-bond acceptors (Lipinski definition) is 12. The number of aliphatic hydroxyl groups is 2. The fraction of sp³-hybridized carbons (Fsp3) is 0.423. The SMILES string of the molecule is COc1ccc2c(c1)[C@@H](NC[C@@H](O)[C@H](Cc1cccc(C#N)c1)NC(C)=O)CC(C)(C)C2=O.COc1ccc2c(c1)[C@H](NC[C@@H](O)[C@H](Cc1cccc(C#N)c1)NC(C)=O)CC(C)(C)C2=O. The lowest BCUT2D eigenvalue weighted by Crippen LogP contribution is -2.49. The zero-order valence-corrected chi connectivity index (χ0v) is 39.0. The number of methoxy groups -OCH3 is 2. The van der Waals surface area contributed by atoms with Crippen LogP contribution < -0.4 is 30.7 Å². The molecule has 14 nitrogen and oxygen atoms in total. The number of fused-ring (bicyclic) bond motifs is 2. The van der Waals surface area contributed by atoms with Crippen molar-refractivity contribution in [1.82, 2.24) is 21.3 Å². The van der Waals surface area contributed by atoms with Crippen LogP contribution in [0.5, 0.6) is 11.5 Å². The number of ether oxygens (including phenoxy) is 2. The number of carbonyl (C=O) groups excluding carboxylic acids is 4. The second-order valence-electron chi connectivity index (χ2n) is 18.4. The molecule has 2 aliphatic rings. The van der Waals surface area contributed by atoms with Gasteiger partial charge in [0.05, 0.1) is 61.8 Å². The highest BCUT2D eigenvalue weighted by Crippen LogP contribution is 2.43. The summed E-state index contributed by atoms with van der Waals surface area (Å²) in [6.07, 6.45) is 0.166. The minimum Gasteiger partial charge on any atom is -0.497 e. The molecule has 14 heteroatoms. The molecule has 0 unspecified atom stereocenters. The van der Waals surface area contributed by atoms with Crippen LogP contribution in [0, 0.1) is 33.5 Å². The summed E-state index contributed by atoms with van der Waals surface area (Å²) >= 11 is 0. The second-order valence-corrected chi connectivity index (χ2v) is 18.4. The van der Waals surface area contributed by atoms with Crippen molar-refractivity contribution in [2.45, 2.75) is 104 Å². The summed E-state index contributed by atoms with van der Waals surface area (Å²) in [7, 11) is 3.17. The van der Waals surface area contributed by atoms with Crippen molar-refractivity contribution in [3.8, 4) is 23.6 Å². The van der Waals surface area contributed by atoms with Crippen LogP contribution in [0.15, 0.2) is 84.9 Å². The fourth-order valence-electron chi connectivity index (χ4n) is 8.79. The van der Waals surface area contributed by atoms with Crippen LogP contribution in [-0.2, 0) is 22.4 Å². The molecule has 6 N–H and O–H groups in total. The van der Waals surface area contributed by atoms with Gasteiger partial charge in [-0.3, -0.25) is 19.2 Å². The molecule has 0 heterocycles. The molecule has 0 aliphatic heterocycles. The first-order valence-corrected chi connectivity index (χ1v) is 22.1. The molecule has 66 heavy (non-hydrogen) atoms. The minimum absolute atomic E-state index is 0.0900. The maximum atomic E-state index is 12.9. The van der Waals surface area contributed by atoms with Crippen LogP contribution in [0.3, 0.4) is 0 Å². The van der Waals surface area contributed by atoms with Crippen LogP contribution >= 0.6 is 0 Å². The minimum atomic E-state index is -0.880. The van der Waals surface area contributed by atoms with Gasteiger partial charge in [0, 0.05) is 61.0 Å². The molecule has 2 amide bonds. The molecule has 0 fully saturated rings. The van der Waals surface area contributed by atoms with Crippen LogP contribution in [0.25, 0.3) is 0 Å².